The van der Waals surface area contributed by atoms with Crippen molar-refractivity contribution < 1.29 is 9.53 Å². The smallest absolute Gasteiger partial charge is 0.254 e. The van der Waals surface area contributed by atoms with Crippen LogP contribution in [0.3, 0.4) is 0 Å². The SMILES string of the molecule is CC1(C)CN(C(=O)c2ccc(C#N)cc2)CC(C)(C)O1. The van der Waals surface area contributed by atoms with Crippen molar-refractivity contribution in [3.05, 3.63) is 35.4 Å². The van der Waals surface area contributed by atoms with Gasteiger partial charge in [0.05, 0.1) is 22.8 Å². The lowest BCUT2D eigenvalue weighted by Gasteiger charge is -2.47. The van der Waals surface area contributed by atoms with Crippen molar-refractivity contribution in [2.45, 2.75) is 38.9 Å². The van der Waals surface area contributed by atoms with Gasteiger partial charge in [0, 0.05) is 18.7 Å². The van der Waals surface area contributed by atoms with Gasteiger partial charge in [-0.1, -0.05) is 0 Å². The van der Waals surface area contributed by atoms with E-state index in [1.54, 1.807) is 24.3 Å². The Morgan fingerprint density at radius 2 is 1.65 bits per heavy atom. The molecule has 1 fully saturated rings. The average Bonchev–Trinajstić information content (AvgIpc) is 2.34. The second kappa shape index (κ2) is 4.92. The Morgan fingerprint density at radius 1 is 1.15 bits per heavy atom. The second-order valence-corrected chi connectivity index (χ2v) is 6.47. The molecule has 0 atom stereocenters. The fourth-order valence-electron chi connectivity index (χ4n) is 2.80. The van der Waals surface area contributed by atoms with Gasteiger partial charge in [-0.05, 0) is 52.0 Å². The standard InChI is InChI=1S/C16H20N2O2/c1-15(2)10-18(11-16(3,4)20-15)14(19)13-7-5-12(9-17)6-8-13/h5-8H,10-11H2,1-4H3. The highest BCUT2D eigenvalue weighted by Crippen LogP contribution is 2.28. The number of hydrogen-bond donors (Lipinski definition) is 0. The number of hydrogen-bond acceptors (Lipinski definition) is 3. The Bertz CT molecular complexity index is 537. The Morgan fingerprint density at radius 3 is 2.10 bits per heavy atom. The predicted octanol–water partition coefficient (Wildman–Crippen LogP) is 2.59. The largest absolute Gasteiger partial charge is 0.366 e. The summed E-state index contributed by atoms with van der Waals surface area (Å²) >= 11 is 0. The van der Waals surface area contributed by atoms with E-state index >= 15 is 0 Å². The Hall–Kier alpha value is -1.86. The maximum Gasteiger partial charge on any atom is 0.254 e. The number of carbonyl (C=O) groups is 1. The third kappa shape index (κ3) is 3.17. The Kier molecular flexibility index (Phi) is 3.58. The molecule has 4 heteroatoms. The molecule has 0 N–H and O–H groups in total. The van der Waals surface area contributed by atoms with Crippen LogP contribution in [0.4, 0.5) is 0 Å². The molecule has 4 nitrogen and oxygen atoms in total. The molecule has 1 aromatic rings. The molecule has 0 bridgehead atoms. The lowest BCUT2D eigenvalue weighted by atomic mass is 9.98. The highest BCUT2D eigenvalue weighted by molar-refractivity contribution is 5.94. The zero-order valence-electron chi connectivity index (χ0n) is 12.4. The van der Waals surface area contributed by atoms with Gasteiger partial charge in [-0.25, -0.2) is 0 Å². The first-order valence-corrected chi connectivity index (χ1v) is 6.72. The van der Waals surface area contributed by atoms with Crippen molar-refractivity contribution in [1.29, 1.82) is 5.26 Å². The maximum atomic E-state index is 12.6. The van der Waals surface area contributed by atoms with Crippen molar-refractivity contribution >= 4 is 5.91 Å². The normalized spacial score (nSPS) is 20.2. The molecule has 1 aromatic carbocycles. The number of amides is 1. The van der Waals surface area contributed by atoms with Crippen molar-refractivity contribution in [2.75, 3.05) is 13.1 Å². The summed E-state index contributed by atoms with van der Waals surface area (Å²) in [5.74, 6) is -0.0149. The minimum Gasteiger partial charge on any atom is -0.366 e. The number of ether oxygens (including phenoxy) is 1. The van der Waals surface area contributed by atoms with Crippen LogP contribution in [0.5, 0.6) is 0 Å². The number of nitrogens with zero attached hydrogens (tertiary/aromatic N) is 2. The lowest BCUT2D eigenvalue weighted by Crippen LogP contribution is -2.58. The molecule has 0 aromatic heterocycles. The molecule has 2 rings (SSSR count). The summed E-state index contributed by atoms with van der Waals surface area (Å²) in [6.07, 6.45) is 0. The van der Waals surface area contributed by atoms with Crippen molar-refractivity contribution in [3.63, 3.8) is 0 Å². The molecule has 0 saturated carbocycles. The van der Waals surface area contributed by atoms with Crippen LogP contribution in [0.2, 0.25) is 0 Å². The number of carbonyl (C=O) groups excluding carboxylic acids is 1. The van der Waals surface area contributed by atoms with Gasteiger partial charge in [0.25, 0.3) is 5.91 Å². The molecule has 1 saturated heterocycles. The van der Waals surface area contributed by atoms with Crippen LogP contribution in [0, 0.1) is 11.3 Å². The van der Waals surface area contributed by atoms with Gasteiger partial charge in [0.15, 0.2) is 0 Å². The van der Waals surface area contributed by atoms with Crippen LogP contribution in [0.25, 0.3) is 0 Å². The number of benzene rings is 1. The van der Waals surface area contributed by atoms with E-state index in [1.807, 2.05) is 32.6 Å². The fraction of sp³-hybridized carbons (Fsp3) is 0.500. The molecule has 0 spiro atoms. The van der Waals surface area contributed by atoms with Gasteiger partial charge in [-0.15, -0.1) is 0 Å². The molecule has 1 amide bonds. The minimum atomic E-state index is -0.357. The summed E-state index contributed by atoms with van der Waals surface area (Å²) in [5.41, 5.74) is 0.454. The van der Waals surface area contributed by atoms with E-state index in [0.717, 1.165) is 0 Å². The third-order valence-electron chi connectivity index (χ3n) is 3.24. The summed E-state index contributed by atoms with van der Waals surface area (Å²) in [4.78, 5) is 14.4. The van der Waals surface area contributed by atoms with Crippen molar-refractivity contribution in [2.24, 2.45) is 0 Å². The van der Waals surface area contributed by atoms with Crippen LogP contribution in [-0.2, 0) is 4.74 Å². The highest BCUT2D eigenvalue weighted by Gasteiger charge is 2.40. The molecule has 1 aliphatic rings. The van der Waals surface area contributed by atoms with Gasteiger partial charge >= 0.3 is 0 Å². The van der Waals surface area contributed by atoms with Crippen LogP contribution >= 0.6 is 0 Å². The quantitative estimate of drug-likeness (QED) is 0.789. The van der Waals surface area contributed by atoms with E-state index in [4.69, 9.17) is 10.00 Å². The molecule has 1 heterocycles. The minimum absolute atomic E-state index is 0.0149. The Labute approximate surface area is 120 Å². The Balaban J connectivity index is 2.21. The predicted molar refractivity (Wildman–Crippen MR) is 76.3 cm³/mol. The lowest BCUT2D eigenvalue weighted by molar-refractivity contribution is -0.171. The van der Waals surface area contributed by atoms with Gasteiger partial charge in [0.1, 0.15) is 0 Å². The number of nitriles is 1. The highest BCUT2D eigenvalue weighted by atomic mass is 16.5. The van der Waals surface area contributed by atoms with E-state index in [1.165, 1.54) is 0 Å². The fourth-order valence-corrected chi connectivity index (χ4v) is 2.80. The summed E-state index contributed by atoms with van der Waals surface area (Å²) in [6.45, 7) is 9.10. The number of rotatable bonds is 1. The van der Waals surface area contributed by atoms with Crippen LogP contribution in [-0.4, -0.2) is 35.1 Å². The molecule has 106 valence electrons. The van der Waals surface area contributed by atoms with Gasteiger partial charge in [-0.3, -0.25) is 4.79 Å². The van der Waals surface area contributed by atoms with Crippen molar-refractivity contribution in [3.8, 4) is 6.07 Å². The van der Waals surface area contributed by atoms with E-state index in [9.17, 15) is 4.79 Å². The summed E-state index contributed by atoms with van der Waals surface area (Å²) in [6, 6.07) is 8.80. The van der Waals surface area contributed by atoms with Crippen LogP contribution < -0.4 is 0 Å². The average molecular weight is 272 g/mol. The van der Waals surface area contributed by atoms with Crippen LogP contribution in [0.15, 0.2) is 24.3 Å². The first kappa shape index (κ1) is 14.5. The zero-order valence-corrected chi connectivity index (χ0v) is 12.4. The van der Waals surface area contributed by atoms with E-state index in [0.29, 0.717) is 24.2 Å². The van der Waals surface area contributed by atoms with E-state index < -0.39 is 0 Å². The van der Waals surface area contributed by atoms with Crippen molar-refractivity contribution in [1.82, 2.24) is 4.90 Å². The molecular formula is C16H20N2O2. The first-order chi connectivity index (χ1) is 9.22. The summed E-state index contributed by atoms with van der Waals surface area (Å²) in [7, 11) is 0. The monoisotopic (exact) mass is 272 g/mol. The maximum absolute atomic E-state index is 12.6. The molecule has 20 heavy (non-hydrogen) atoms. The second-order valence-electron chi connectivity index (χ2n) is 6.47. The van der Waals surface area contributed by atoms with E-state index in [-0.39, 0.29) is 17.1 Å². The topological polar surface area (TPSA) is 53.3 Å². The van der Waals surface area contributed by atoms with Gasteiger partial charge in [0.2, 0.25) is 0 Å². The zero-order chi connectivity index (χ0) is 15.0. The molecular weight excluding hydrogens is 252 g/mol. The summed E-state index contributed by atoms with van der Waals surface area (Å²) in [5, 5.41) is 8.79. The molecule has 0 radical (unpaired) electrons. The number of morpholine rings is 1. The van der Waals surface area contributed by atoms with Gasteiger partial charge < -0.3 is 9.64 Å². The third-order valence-corrected chi connectivity index (χ3v) is 3.24. The first-order valence-electron chi connectivity index (χ1n) is 6.72. The molecule has 0 aliphatic carbocycles. The molecule has 1 aliphatic heterocycles. The van der Waals surface area contributed by atoms with Crippen LogP contribution in [0.1, 0.15) is 43.6 Å². The molecule has 0 unspecified atom stereocenters. The summed E-state index contributed by atoms with van der Waals surface area (Å²) < 4.78 is 5.98. The van der Waals surface area contributed by atoms with Gasteiger partial charge in [-0.2, -0.15) is 5.26 Å². The van der Waals surface area contributed by atoms with E-state index in [2.05, 4.69) is 6.07 Å².